The van der Waals surface area contributed by atoms with Crippen LogP contribution in [0.15, 0.2) is 36.4 Å². The van der Waals surface area contributed by atoms with Gasteiger partial charge in [-0.05, 0) is 49.2 Å². The number of hydrogen-bond acceptors (Lipinski definition) is 4. The minimum Gasteiger partial charge on any atom is -0.364 e. The molecule has 0 aliphatic heterocycles. The molecule has 7 nitrogen and oxygen atoms in total. The number of aryl methyl sites for hydroxylation is 1. The smallest absolute Gasteiger partial charge is 0.364 e. The highest BCUT2D eigenvalue weighted by Crippen LogP contribution is 2.37. The maximum atomic E-state index is 14.0. The number of pyridine rings is 1. The zero-order chi connectivity index (χ0) is 27.2. The summed E-state index contributed by atoms with van der Waals surface area (Å²) in [6, 6.07) is 6.75. The highest BCUT2D eigenvalue weighted by molar-refractivity contribution is 6.31. The minimum absolute atomic E-state index is 0.0190. The number of carbonyl (C=O) groups is 2. The number of rotatable bonds is 5. The summed E-state index contributed by atoms with van der Waals surface area (Å²) in [5.41, 5.74) is 3.37. The SMILES string of the molecule is Cc1cc(F)ccc1Cn1nc(C(F)(F)F)c(NC(=O)c2cc(C(N)=O)nc3cc(F)c(Cl)cc23)c1C. The van der Waals surface area contributed by atoms with Crippen molar-refractivity contribution in [2.45, 2.75) is 26.6 Å². The Labute approximate surface area is 211 Å². The highest BCUT2D eigenvalue weighted by Gasteiger charge is 2.39. The van der Waals surface area contributed by atoms with Gasteiger partial charge in [0.15, 0.2) is 5.69 Å². The third-order valence-corrected chi connectivity index (χ3v) is 5.98. The molecule has 192 valence electrons. The molecule has 0 fully saturated rings. The molecule has 0 bridgehead atoms. The van der Waals surface area contributed by atoms with Crippen LogP contribution in [0.25, 0.3) is 10.9 Å². The zero-order valence-corrected chi connectivity index (χ0v) is 19.9. The van der Waals surface area contributed by atoms with Gasteiger partial charge in [0.25, 0.3) is 11.8 Å². The number of carbonyl (C=O) groups excluding carboxylic acids is 2. The highest BCUT2D eigenvalue weighted by atomic mass is 35.5. The molecule has 13 heteroatoms. The second-order valence-electron chi connectivity index (χ2n) is 8.19. The third kappa shape index (κ3) is 5.10. The van der Waals surface area contributed by atoms with E-state index in [0.29, 0.717) is 11.1 Å². The van der Waals surface area contributed by atoms with Gasteiger partial charge in [0, 0.05) is 11.5 Å². The number of alkyl halides is 3. The van der Waals surface area contributed by atoms with E-state index in [1.807, 2.05) is 0 Å². The van der Waals surface area contributed by atoms with Crippen molar-refractivity contribution in [3.63, 3.8) is 0 Å². The van der Waals surface area contributed by atoms with Gasteiger partial charge in [0.05, 0.1) is 34.0 Å². The number of halogens is 6. The monoisotopic (exact) mass is 537 g/mol. The van der Waals surface area contributed by atoms with Gasteiger partial charge in [0.1, 0.15) is 17.3 Å². The van der Waals surface area contributed by atoms with Gasteiger partial charge in [0.2, 0.25) is 0 Å². The van der Waals surface area contributed by atoms with E-state index in [2.05, 4.69) is 15.4 Å². The molecule has 0 saturated heterocycles. The lowest BCUT2D eigenvalue weighted by molar-refractivity contribution is -0.140. The number of primary amides is 1. The summed E-state index contributed by atoms with van der Waals surface area (Å²) < 4.78 is 70.1. The Morgan fingerprint density at radius 1 is 1.11 bits per heavy atom. The van der Waals surface area contributed by atoms with Gasteiger partial charge >= 0.3 is 6.18 Å². The van der Waals surface area contributed by atoms with Crippen LogP contribution in [0.5, 0.6) is 0 Å². The molecular weight excluding hydrogens is 521 g/mol. The molecule has 4 rings (SSSR count). The van der Waals surface area contributed by atoms with Crippen molar-refractivity contribution in [3.05, 3.63) is 86.8 Å². The number of nitrogens with zero attached hydrogens (tertiary/aromatic N) is 3. The molecule has 0 aliphatic carbocycles. The molecule has 2 aromatic carbocycles. The Morgan fingerprint density at radius 2 is 1.81 bits per heavy atom. The average Bonchev–Trinajstić information content (AvgIpc) is 3.11. The molecule has 0 spiro atoms. The van der Waals surface area contributed by atoms with Crippen LogP contribution in [0.2, 0.25) is 5.02 Å². The fourth-order valence-electron chi connectivity index (χ4n) is 3.76. The van der Waals surface area contributed by atoms with Crippen LogP contribution in [0.3, 0.4) is 0 Å². The molecule has 2 heterocycles. The van der Waals surface area contributed by atoms with Crippen LogP contribution in [-0.4, -0.2) is 26.6 Å². The number of fused-ring (bicyclic) bond motifs is 1. The first-order valence-corrected chi connectivity index (χ1v) is 10.9. The van der Waals surface area contributed by atoms with E-state index in [0.717, 1.165) is 22.9 Å². The molecule has 4 aromatic rings. The van der Waals surface area contributed by atoms with Gasteiger partial charge in [-0.15, -0.1) is 0 Å². The largest absolute Gasteiger partial charge is 0.437 e. The lowest BCUT2D eigenvalue weighted by Crippen LogP contribution is -2.19. The predicted molar refractivity (Wildman–Crippen MR) is 125 cm³/mol. The van der Waals surface area contributed by atoms with Crippen molar-refractivity contribution in [1.29, 1.82) is 0 Å². The van der Waals surface area contributed by atoms with Crippen molar-refractivity contribution in [2.24, 2.45) is 5.73 Å². The summed E-state index contributed by atoms with van der Waals surface area (Å²) in [5, 5.41) is 5.46. The first-order valence-electron chi connectivity index (χ1n) is 10.6. The molecule has 0 atom stereocenters. The normalized spacial score (nSPS) is 11.7. The lowest BCUT2D eigenvalue weighted by atomic mass is 10.1. The molecule has 0 unspecified atom stereocenters. The Kier molecular flexibility index (Phi) is 6.63. The van der Waals surface area contributed by atoms with Crippen LogP contribution in [-0.2, 0) is 12.7 Å². The fourth-order valence-corrected chi connectivity index (χ4v) is 3.93. The molecule has 3 N–H and O–H groups in total. The van der Waals surface area contributed by atoms with Crippen LogP contribution < -0.4 is 11.1 Å². The van der Waals surface area contributed by atoms with E-state index in [1.54, 1.807) is 6.92 Å². The van der Waals surface area contributed by atoms with Crippen molar-refractivity contribution in [2.75, 3.05) is 5.32 Å². The Hall–Kier alpha value is -4.06. The molecule has 2 aromatic heterocycles. The van der Waals surface area contributed by atoms with Gasteiger partial charge in [-0.25, -0.2) is 13.8 Å². The molecule has 2 amide bonds. The van der Waals surface area contributed by atoms with E-state index in [-0.39, 0.29) is 33.7 Å². The predicted octanol–water partition coefficient (Wildman–Crippen LogP) is 5.40. The molecule has 0 aliphatic rings. The summed E-state index contributed by atoms with van der Waals surface area (Å²) in [6.07, 6.45) is -4.94. The summed E-state index contributed by atoms with van der Waals surface area (Å²) in [6.45, 7) is 2.79. The van der Waals surface area contributed by atoms with Gasteiger partial charge < -0.3 is 11.1 Å². The number of aromatic nitrogens is 3. The van der Waals surface area contributed by atoms with Gasteiger partial charge in [-0.2, -0.15) is 18.3 Å². The Morgan fingerprint density at radius 3 is 2.43 bits per heavy atom. The first kappa shape index (κ1) is 26.0. The Balaban J connectivity index is 1.81. The number of anilines is 1. The van der Waals surface area contributed by atoms with Gasteiger partial charge in [-0.3, -0.25) is 14.3 Å². The maximum Gasteiger partial charge on any atom is 0.437 e. The summed E-state index contributed by atoms with van der Waals surface area (Å²) in [5.74, 6) is -3.49. The van der Waals surface area contributed by atoms with Crippen LogP contribution in [0, 0.1) is 25.5 Å². The van der Waals surface area contributed by atoms with E-state index >= 15 is 0 Å². The first-order chi connectivity index (χ1) is 17.3. The maximum absolute atomic E-state index is 14.0. The van der Waals surface area contributed by atoms with E-state index < -0.39 is 46.7 Å². The van der Waals surface area contributed by atoms with Crippen molar-refractivity contribution < 1.29 is 31.5 Å². The van der Waals surface area contributed by atoms with Crippen molar-refractivity contribution in [1.82, 2.24) is 14.8 Å². The summed E-state index contributed by atoms with van der Waals surface area (Å²) in [4.78, 5) is 28.8. The number of benzene rings is 2. The number of amides is 2. The zero-order valence-electron chi connectivity index (χ0n) is 19.2. The second kappa shape index (κ2) is 9.43. The van der Waals surface area contributed by atoms with E-state index in [1.165, 1.54) is 25.1 Å². The number of hydrogen-bond donors (Lipinski definition) is 2. The standard InChI is InChI=1S/C24H17ClF5N5O2/c1-10-5-13(26)4-3-12(10)9-35-11(2)20(21(34-35)24(28,29)30)33-23(37)15-7-19(22(31)36)32-18-8-17(27)16(25)6-14(15)18/h3-8H,9H2,1-2H3,(H2,31,36)(H,33,37). The van der Waals surface area contributed by atoms with Gasteiger partial charge in [-0.1, -0.05) is 17.7 Å². The fraction of sp³-hybridized carbons (Fsp3) is 0.167. The molecule has 37 heavy (non-hydrogen) atoms. The average molecular weight is 538 g/mol. The second-order valence-corrected chi connectivity index (χ2v) is 8.60. The van der Waals surface area contributed by atoms with E-state index in [9.17, 15) is 31.5 Å². The van der Waals surface area contributed by atoms with E-state index in [4.69, 9.17) is 17.3 Å². The minimum atomic E-state index is -4.94. The van der Waals surface area contributed by atoms with Crippen molar-refractivity contribution >= 4 is 40.0 Å². The van der Waals surface area contributed by atoms with Crippen LogP contribution in [0.1, 0.15) is 43.4 Å². The molecule has 0 saturated carbocycles. The summed E-state index contributed by atoms with van der Waals surface area (Å²) in [7, 11) is 0. The summed E-state index contributed by atoms with van der Waals surface area (Å²) >= 11 is 5.83. The van der Waals surface area contributed by atoms with Crippen molar-refractivity contribution in [3.8, 4) is 0 Å². The quantitative estimate of drug-likeness (QED) is 0.333. The number of nitrogens with one attached hydrogen (secondary N) is 1. The lowest BCUT2D eigenvalue weighted by Gasteiger charge is -2.12. The van der Waals surface area contributed by atoms with Crippen LogP contribution >= 0.6 is 11.6 Å². The topological polar surface area (TPSA) is 103 Å². The Bertz CT molecular complexity index is 1580. The third-order valence-electron chi connectivity index (χ3n) is 5.69. The number of nitrogens with two attached hydrogens (primary N) is 1. The molecular formula is C24H17ClF5N5O2. The van der Waals surface area contributed by atoms with Crippen LogP contribution in [0.4, 0.5) is 27.6 Å². The molecule has 0 radical (unpaired) electrons.